The fourth-order valence-electron chi connectivity index (χ4n) is 3.09. The lowest BCUT2D eigenvalue weighted by Crippen LogP contribution is -2.32. The highest BCUT2D eigenvalue weighted by Crippen LogP contribution is 2.53. The summed E-state index contributed by atoms with van der Waals surface area (Å²) in [6, 6.07) is -1.11. The van der Waals surface area contributed by atoms with Crippen molar-refractivity contribution in [3.05, 3.63) is 0 Å². The highest BCUT2D eigenvalue weighted by molar-refractivity contribution is 7.48. The molecule has 26 heavy (non-hydrogen) atoms. The second kappa shape index (κ2) is 9.22. The van der Waals surface area contributed by atoms with E-state index in [0.29, 0.717) is 12.8 Å². The van der Waals surface area contributed by atoms with Crippen molar-refractivity contribution in [3.8, 4) is 0 Å². The SMILES string of the molecule is [B][C@@H]1O[C@H](CC)[C@@H](OP(=O)(OC)OC[C@H]2O[C@@H]([B])C[C@@H]2OC(C)=O)C1C. The van der Waals surface area contributed by atoms with Crippen LogP contribution < -0.4 is 0 Å². The molecule has 0 bridgehead atoms. The van der Waals surface area contributed by atoms with E-state index in [2.05, 4.69) is 0 Å². The summed E-state index contributed by atoms with van der Waals surface area (Å²) >= 11 is 0. The summed E-state index contributed by atoms with van der Waals surface area (Å²) in [6.45, 7) is 4.89. The first kappa shape index (κ1) is 21.9. The van der Waals surface area contributed by atoms with Gasteiger partial charge in [0.15, 0.2) is 0 Å². The second-order valence-electron chi connectivity index (χ2n) is 6.50. The van der Waals surface area contributed by atoms with Gasteiger partial charge >= 0.3 is 13.8 Å². The third kappa shape index (κ3) is 5.33. The van der Waals surface area contributed by atoms with Gasteiger partial charge in [-0.3, -0.25) is 18.4 Å². The van der Waals surface area contributed by atoms with Crippen molar-refractivity contribution in [1.82, 2.24) is 0 Å². The van der Waals surface area contributed by atoms with Crippen molar-refractivity contribution in [2.75, 3.05) is 13.7 Å². The van der Waals surface area contributed by atoms with Crippen LogP contribution in [0.4, 0.5) is 0 Å². The molecule has 0 saturated carbocycles. The Morgan fingerprint density at radius 2 is 1.96 bits per heavy atom. The number of rotatable bonds is 8. The molecule has 2 rings (SSSR count). The molecule has 144 valence electrons. The van der Waals surface area contributed by atoms with Gasteiger partial charge in [-0.05, 0) is 6.42 Å². The van der Waals surface area contributed by atoms with Crippen molar-refractivity contribution in [3.63, 3.8) is 0 Å². The molecule has 4 radical (unpaired) electrons. The highest BCUT2D eigenvalue weighted by atomic mass is 31.2. The van der Waals surface area contributed by atoms with Crippen LogP contribution in [0, 0.1) is 5.92 Å². The molecule has 0 spiro atoms. The van der Waals surface area contributed by atoms with Crippen LogP contribution >= 0.6 is 7.82 Å². The Morgan fingerprint density at radius 1 is 1.27 bits per heavy atom. The van der Waals surface area contributed by atoms with E-state index in [-0.39, 0.29) is 18.6 Å². The van der Waals surface area contributed by atoms with E-state index in [1.165, 1.54) is 14.0 Å². The van der Waals surface area contributed by atoms with Crippen LogP contribution in [0.25, 0.3) is 0 Å². The molecule has 2 heterocycles. The third-order valence-electron chi connectivity index (χ3n) is 4.55. The maximum atomic E-state index is 12.9. The van der Waals surface area contributed by atoms with Crippen LogP contribution in [0.1, 0.15) is 33.6 Å². The molecule has 0 aromatic carbocycles. The molecule has 8 nitrogen and oxygen atoms in total. The van der Waals surface area contributed by atoms with E-state index in [9.17, 15) is 9.36 Å². The fourth-order valence-corrected chi connectivity index (χ4v) is 4.30. The van der Waals surface area contributed by atoms with Gasteiger partial charge in [-0.1, -0.05) is 13.8 Å². The van der Waals surface area contributed by atoms with Crippen molar-refractivity contribution >= 4 is 29.5 Å². The standard InChI is InChI=1S/C15H25B2O8P/c1-5-10-14(8(2)15(17)24-10)25-26(19,20-4)21-7-12-11(22-9(3)18)6-13(16)23-12/h8,10-15H,5-7H2,1-4H3/t8?,10-,11+,12-,13-,14+,15-,26?/m1/s1. The number of hydrogen-bond acceptors (Lipinski definition) is 8. The first-order chi connectivity index (χ1) is 12.2. The predicted octanol–water partition coefficient (Wildman–Crippen LogP) is 1.30. The van der Waals surface area contributed by atoms with Gasteiger partial charge in [0, 0.05) is 38.4 Å². The first-order valence-corrected chi connectivity index (χ1v) is 10.1. The molecule has 0 aromatic rings. The average molecular weight is 386 g/mol. The lowest BCUT2D eigenvalue weighted by Gasteiger charge is -2.26. The summed E-state index contributed by atoms with van der Waals surface area (Å²) in [5, 5.41) is 0. The number of esters is 1. The molecule has 11 heteroatoms. The van der Waals surface area contributed by atoms with E-state index < -0.39 is 44.1 Å². The Morgan fingerprint density at radius 3 is 2.54 bits per heavy atom. The van der Waals surface area contributed by atoms with Gasteiger partial charge in [-0.25, -0.2) is 4.57 Å². The van der Waals surface area contributed by atoms with Crippen LogP contribution in [0.3, 0.4) is 0 Å². The van der Waals surface area contributed by atoms with E-state index in [1.807, 2.05) is 13.8 Å². The number of carbonyl (C=O) groups excluding carboxylic acids is 1. The zero-order valence-electron chi connectivity index (χ0n) is 15.5. The van der Waals surface area contributed by atoms with Gasteiger partial charge in [-0.15, -0.1) is 0 Å². The number of carbonyl (C=O) groups is 1. The van der Waals surface area contributed by atoms with Crippen LogP contribution in [0.5, 0.6) is 0 Å². The molecule has 2 unspecified atom stereocenters. The van der Waals surface area contributed by atoms with Gasteiger partial charge in [0.1, 0.15) is 27.9 Å². The lowest BCUT2D eigenvalue weighted by molar-refractivity contribution is -0.149. The first-order valence-electron chi connectivity index (χ1n) is 8.67. The molecule has 0 amide bonds. The third-order valence-corrected chi connectivity index (χ3v) is 5.97. The lowest BCUT2D eigenvalue weighted by atomic mass is 9.86. The molecule has 2 saturated heterocycles. The minimum absolute atomic E-state index is 0.165. The number of phosphoric ester groups is 1. The molecule has 2 aliphatic rings. The van der Waals surface area contributed by atoms with Crippen molar-refractivity contribution in [2.24, 2.45) is 5.92 Å². The smallest absolute Gasteiger partial charge is 0.460 e. The van der Waals surface area contributed by atoms with E-state index in [1.54, 1.807) is 0 Å². The van der Waals surface area contributed by atoms with Gasteiger partial charge in [-0.2, -0.15) is 0 Å². The Labute approximate surface area is 157 Å². The minimum atomic E-state index is -3.89. The molecule has 8 atom stereocenters. The molecular formula is C15H25B2O8P. The van der Waals surface area contributed by atoms with Crippen molar-refractivity contribution < 1.29 is 37.1 Å². The molecule has 2 aliphatic heterocycles. The van der Waals surface area contributed by atoms with Gasteiger partial charge in [0.2, 0.25) is 0 Å². The van der Waals surface area contributed by atoms with Gasteiger partial charge in [0.05, 0.1) is 18.8 Å². The molecule has 2 fully saturated rings. The van der Waals surface area contributed by atoms with Gasteiger partial charge < -0.3 is 14.2 Å². The average Bonchev–Trinajstić information content (AvgIpc) is 3.06. The number of phosphoric acid groups is 1. The monoisotopic (exact) mass is 386 g/mol. The van der Waals surface area contributed by atoms with E-state index in [4.69, 9.17) is 43.5 Å². The number of hydrogen-bond donors (Lipinski definition) is 0. The quantitative estimate of drug-likeness (QED) is 0.351. The minimum Gasteiger partial charge on any atom is -0.460 e. The topological polar surface area (TPSA) is 89.5 Å². The van der Waals surface area contributed by atoms with Crippen LogP contribution in [-0.2, 0) is 37.1 Å². The maximum Gasteiger partial charge on any atom is 0.474 e. The zero-order valence-corrected chi connectivity index (χ0v) is 16.4. The highest BCUT2D eigenvalue weighted by Gasteiger charge is 2.45. The molecule has 0 aromatic heterocycles. The van der Waals surface area contributed by atoms with E-state index in [0.717, 1.165) is 0 Å². The summed E-state index contributed by atoms with van der Waals surface area (Å²) in [6.07, 6.45) is -1.12. The Hall–Kier alpha value is -0.370. The normalized spacial score (nSPS) is 39.6. The van der Waals surface area contributed by atoms with Crippen LogP contribution in [0.2, 0.25) is 0 Å². The van der Waals surface area contributed by atoms with Crippen LogP contribution in [0.15, 0.2) is 0 Å². The largest absolute Gasteiger partial charge is 0.474 e. The molecular weight excluding hydrogens is 361 g/mol. The second-order valence-corrected chi connectivity index (χ2v) is 8.23. The van der Waals surface area contributed by atoms with Crippen molar-refractivity contribution in [2.45, 2.75) is 70.0 Å². The van der Waals surface area contributed by atoms with E-state index >= 15 is 0 Å². The number of ether oxygens (including phenoxy) is 3. The van der Waals surface area contributed by atoms with Crippen LogP contribution in [-0.4, -0.2) is 71.8 Å². The van der Waals surface area contributed by atoms with Gasteiger partial charge in [0.25, 0.3) is 0 Å². The Bertz CT molecular complexity index is 536. The zero-order chi connectivity index (χ0) is 19.5. The molecule has 0 N–H and O–H groups in total. The summed E-state index contributed by atoms with van der Waals surface area (Å²) in [5.74, 6) is -0.641. The fraction of sp³-hybridized carbons (Fsp3) is 0.933. The summed E-state index contributed by atoms with van der Waals surface area (Å²) in [4.78, 5) is 11.2. The Balaban J connectivity index is 1.98. The molecule has 0 aliphatic carbocycles. The maximum absolute atomic E-state index is 12.9. The summed E-state index contributed by atoms with van der Waals surface area (Å²) in [7, 11) is 8.96. The van der Waals surface area contributed by atoms with Crippen molar-refractivity contribution in [1.29, 1.82) is 0 Å². The summed E-state index contributed by atoms with van der Waals surface area (Å²) < 4.78 is 45.1. The summed E-state index contributed by atoms with van der Waals surface area (Å²) in [5.41, 5.74) is 0. The Kier molecular flexibility index (Phi) is 7.77. The predicted molar refractivity (Wildman–Crippen MR) is 93.9 cm³/mol.